The highest BCUT2D eigenvalue weighted by molar-refractivity contribution is 7.92. The van der Waals surface area contributed by atoms with Gasteiger partial charge in [0.1, 0.15) is 0 Å². The van der Waals surface area contributed by atoms with E-state index in [0.717, 1.165) is 23.1 Å². The second-order valence-corrected chi connectivity index (χ2v) is 9.43. The highest BCUT2D eigenvalue weighted by Gasteiger charge is 2.27. The Morgan fingerprint density at radius 3 is 2.39 bits per heavy atom. The molecule has 33 heavy (non-hydrogen) atoms. The molecule has 1 fully saturated rings. The summed E-state index contributed by atoms with van der Waals surface area (Å²) in [6.45, 7) is 0.272. The van der Waals surface area contributed by atoms with Crippen LogP contribution in [-0.2, 0) is 14.8 Å². The number of amides is 2. The number of nitrogens with one attached hydrogen (secondary N) is 1. The molecule has 2 amide bonds. The minimum atomic E-state index is -3.63. The first kappa shape index (κ1) is 24.4. The monoisotopic (exact) mass is 492 g/mol. The van der Waals surface area contributed by atoms with Crippen molar-refractivity contribution in [2.45, 2.75) is 0 Å². The molecule has 0 aromatic heterocycles. The van der Waals surface area contributed by atoms with Crippen LogP contribution in [0.1, 0.15) is 15.9 Å². The molecule has 0 aliphatic carbocycles. The van der Waals surface area contributed by atoms with Crippen LogP contribution in [0.25, 0.3) is 6.08 Å². The van der Waals surface area contributed by atoms with Crippen molar-refractivity contribution >= 4 is 45.2 Å². The van der Waals surface area contributed by atoms with Gasteiger partial charge in [0.2, 0.25) is 15.9 Å². The Morgan fingerprint density at radius 2 is 1.76 bits per heavy atom. The van der Waals surface area contributed by atoms with Gasteiger partial charge in [-0.05, 0) is 17.7 Å². The Kier molecular flexibility index (Phi) is 7.79. The van der Waals surface area contributed by atoms with Gasteiger partial charge in [0, 0.05) is 54.3 Å². The van der Waals surface area contributed by atoms with E-state index in [4.69, 9.17) is 11.6 Å². The highest BCUT2D eigenvalue weighted by atomic mass is 35.5. The molecule has 0 radical (unpaired) electrons. The number of piperazine rings is 1. The maximum absolute atomic E-state index is 12.5. The maximum Gasteiger partial charge on any atom is 0.271 e. The van der Waals surface area contributed by atoms with E-state index >= 15 is 0 Å². The molecule has 174 valence electrons. The smallest absolute Gasteiger partial charge is 0.271 e. The Hall–Kier alpha value is -3.28. The fourth-order valence-corrected chi connectivity index (χ4v) is 4.59. The number of nitrogens with zero attached hydrogens (tertiary/aromatic N) is 3. The Morgan fingerprint density at radius 1 is 1.09 bits per heavy atom. The number of rotatable bonds is 7. The van der Waals surface area contributed by atoms with Crippen LogP contribution in [0.5, 0.6) is 0 Å². The third-order valence-corrected chi connectivity index (χ3v) is 6.72. The van der Waals surface area contributed by atoms with Crippen molar-refractivity contribution in [1.29, 1.82) is 0 Å². The molecule has 0 atom stereocenters. The molecule has 1 aliphatic rings. The van der Waals surface area contributed by atoms with Gasteiger partial charge in [-0.15, -0.1) is 0 Å². The molecular formula is C21H21ClN4O6S. The molecule has 2 aromatic carbocycles. The lowest BCUT2D eigenvalue weighted by Gasteiger charge is -2.33. The van der Waals surface area contributed by atoms with E-state index in [2.05, 4.69) is 5.32 Å². The van der Waals surface area contributed by atoms with Gasteiger partial charge < -0.3 is 10.2 Å². The highest BCUT2D eigenvalue weighted by Crippen LogP contribution is 2.21. The van der Waals surface area contributed by atoms with E-state index < -0.39 is 26.8 Å². The van der Waals surface area contributed by atoms with E-state index in [9.17, 15) is 28.1 Å². The third-order valence-electron chi connectivity index (χ3n) is 4.94. The molecule has 1 heterocycles. The maximum atomic E-state index is 12.5. The summed E-state index contributed by atoms with van der Waals surface area (Å²) in [6, 6.07) is 12.5. The summed E-state index contributed by atoms with van der Waals surface area (Å²) in [5.74, 6) is -1.07. The second kappa shape index (κ2) is 10.6. The zero-order valence-corrected chi connectivity index (χ0v) is 19.0. The normalized spacial score (nSPS) is 14.9. The van der Waals surface area contributed by atoms with Crippen molar-refractivity contribution in [2.75, 3.05) is 32.7 Å². The predicted octanol–water partition coefficient (Wildman–Crippen LogP) is 2.12. The standard InChI is InChI=1S/C21H21ClN4O6S/c22-18-12-17(13-19(14-18)26(29)30)21(28)23-15-20(27)24-7-9-25(10-8-24)33(31,32)11-6-16-4-2-1-3-5-16/h1-6,11-14H,7-10,15H2,(H,23,28). The molecule has 3 rings (SSSR count). The Labute approximate surface area is 195 Å². The van der Waals surface area contributed by atoms with Gasteiger partial charge >= 0.3 is 0 Å². The number of halogens is 1. The SMILES string of the molecule is O=C(NCC(=O)N1CCN(S(=O)(=O)C=Cc2ccccc2)CC1)c1cc(Cl)cc([N+](=O)[O-])c1. The molecule has 0 spiro atoms. The number of carbonyl (C=O) groups is 2. The minimum Gasteiger partial charge on any atom is -0.343 e. The first-order valence-electron chi connectivity index (χ1n) is 9.90. The number of hydrogen-bond donors (Lipinski definition) is 1. The van der Waals surface area contributed by atoms with Crippen LogP contribution in [0.2, 0.25) is 5.02 Å². The lowest BCUT2D eigenvalue weighted by Crippen LogP contribution is -2.52. The number of nitro groups is 1. The van der Waals surface area contributed by atoms with Crippen LogP contribution in [0.15, 0.2) is 53.9 Å². The van der Waals surface area contributed by atoms with Crippen LogP contribution < -0.4 is 5.32 Å². The fourth-order valence-electron chi connectivity index (χ4n) is 3.19. The van der Waals surface area contributed by atoms with Crippen molar-refractivity contribution in [3.63, 3.8) is 0 Å². The van der Waals surface area contributed by atoms with Crippen molar-refractivity contribution < 1.29 is 22.9 Å². The predicted molar refractivity (Wildman–Crippen MR) is 123 cm³/mol. The van der Waals surface area contributed by atoms with E-state index in [-0.39, 0.29) is 49.0 Å². The number of carbonyl (C=O) groups excluding carboxylic acids is 2. The molecule has 0 unspecified atom stereocenters. The molecule has 1 saturated heterocycles. The quantitative estimate of drug-likeness (QED) is 0.465. The summed E-state index contributed by atoms with van der Waals surface area (Å²) in [7, 11) is -3.63. The van der Waals surface area contributed by atoms with Gasteiger partial charge in [0.05, 0.1) is 11.5 Å². The number of nitro benzene ring substituents is 1. The van der Waals surface area contributed by atoms with Gasteiger partial charge in [-0.1, -0.05) is 41.9 Å². The van der Waals surface area contributed by atoms with Crippen LogP contribution in [0.4, 0.5) is 5.69 Å². The van der Waals surface area contributed by atoms with Gasteiger partial charge in [0.25, 0.3) is 11.6 Å². The number of sulfonamides is 1. The topological polar surface area (TPSA) is 130 Å². The summed E-state index contributed by atoms with van der Waals surface area (Å²) in [5, 5.41) is 14.5. The van der Waals surface area contributed by atoms with E-state index in [1.807, 2.05) is 18.2 Å². The van der Waals surface area contributed by atoms with Gasteiger partial charge in [0.15, 0.2) is 0 Å². The minimum absolute atomic E-state index is 0.0271. The number of hydrogen-bond acceptors (Lipinski definition) is 6. The molecular weight excluding hydrogens is 472 g/mol. The summed E-state index contributed by atoms with van der Waals surface area (Å²) < 4.78 is 26.4. The summed E-state index contributed by atoms with van der Waals surface area (Å²) >= 11 is 5.81. The number of benzene rings is 2. The van der Waals surface area contributed by atoms with Gasteiger partial charge in [-0.2, -0.15) is 4.31 Å². The van der Waals surface area contributed by atoms with Crippen LogP contribution in [-0.4, -0.2) is 67.1 Å². The Bertz CT molecular complexity index is 1180. The van der Waals surface area contributed by atoms with Crippen molar-refractivity contribution in [1.82, 2.24) is 14.5 Å². The average molecular weight is 493 g/mol. The van der Waals surface area contributed by atoms with Crippen LogP contribution in [0.3, 0.4) is 0 Å². The zero-order chi connectivity index (χ0) is 24.0. The van der Waals surface area contributed by atoms with Crippen molar-refractivity contribution in [3.8, 4) is 0 Å². The van der Waals surface area contributed by atoms with Crippen LogP contribution >= 0.6 is 11.6 Å². The Balaban J connectivity index is 1.52. The second-order valence-electron chi connectivity index (χ2n) is 7.18. The summed E-state index contributed by atoms with van der Waals surface area (Å²) in [4.78, 5) is 36.4. The van der Waals surface area contributed by atoms with E-state index in [1.54, 1.807) is 12.1 Å². The van der Waals surface area contributed by atoms with Gasteiger partial charge in [-0.25, -0.2) is 8.42 Å². The summed E-state index contributed by atoms with van der Waals surface area (Å²) in [5.41, 5.74) is 0.386. The lowest BCUT2D eigenvalue weighted by molar-refractivity contribution is -0.384. The number of non-ortho nitro benzene ring substituents is 1. The molecule has 0 bridgehead atoms. The molecule has 1 aliphatic heterocycles. The van der Waals surface area contributed by atoms with E-state index in [1.165, 1.54) is 21.3 Å². The van der Waals surface area contributed by atoms with Crippen molar-refractivity contribution in [3.05, 3.63) is 80.2 Å². The average Bonchev–Trinajstić information content (AvgIpc) is 2.81. The molecule has 2 aromatic rings. The molecule has 0 saturated carbocycles. The fraction of sp³-hybridized carbons (Fsp3) is 0.238. The zero-order valence-electron chi connectivity index (χ0n) is 17.4. The third kappa shape index (κ3) is 6.60. The van der Waals surface area contributed by atoms with Gasteiger partial charge in [-0.3, -0.25) is 19.7 Å². The summed E-state index contributed by atoms with van der Waals surface area (Å²) in [6.07, 6.45) is 1.52. The first-order valence-corrected chi connectivity index (χ1v) is 11.8. The lowest BCUT2D eigenvalue weighted by atomic mass is 10.2. The first-order chi connectivity index (χ1) is 15.7. The largest absolute Gasteiger partial charge is 0.343 e. The molecule has 12 heteroatoms. The van der Waals surface area contributed by atoms with Crippen molar-refractivity contribution in [2.24, 2.45) is 0 Å². The van der Waals surface area contributed by atoms with Crippen LogP contribution in [0, 0.1) is 10.1 Å². The molecule has 1 N–H and O–H groups in total. The molecule has 10 nitrogen and oxygen atoms in total. The van der Waals surface area contributed by atoms with E-state index in [0.29, 0.717) is 0 Å².